The Hall–Kier alpha value is -0.860. The fraction of sp³-hybridized carbons (Fsp3) is 0.500. The molecule has 1 fully saturated rings. The monoisotopic (exact) mass is 191 g/mol. The smallest absolute Gasteiger partial charge is 0.0710 e. The van der Waals surface area contributed by atoms with Gasteiger partial charge in [0.25, 0.3) is 0 Å². The predicted octanol–water partition coefficient (Wildman–Crippen LogP) is 1.15. The number of likely N-dealkylation sites (tertiary alicyclic amines) is 1. The number of hydrogen-bond acceptors (Lipinski definition) is 2. The molecule has 14 heavy (non-hydrogen) atoms. The van der Waals surface area contributed by atoms with Crippen molar-refractivity contribution in [2.24, 2.45) is 5.92 Å². The zero-order valence-corrected chi connectivity index (χ0v) is 8.56. The number of β-amino-alcohol motifs (C(OH)–C–C–N with tert-alkyl or cyclic N) is 1. The molecule has 0 spiro atoms. The lowest BCUT2D eigenvalue weighted by atomic mass is 9.97. The summed E-state index contributed by atoms with van der Waals surface area (Å²) in [6.45, 7) is 1.83. The first-order chi connectivity index (χ1) is 6.75. The molecule has 2 nitrogen and oxygen atoms in total. The summed E-state index contributed by atoms with van der Waals surface area (Å²) in [6.07, 6.45) is 0.840. The van der Waals surface area contributed by atoms with E-state index in [0.29, 0.717) is 5.92 Å². The SMILES string of the molecule is CN1C[C@@H](Cc2ccccc2)[C@H](O)C1. The molecule has 1 aliphatic heterocycles. The van der Waals surface area contributed by atoms with Crippen molar-refractivity contribution >= 4 is 0 Å². The number of nitrogens with zero attached hydrogens (tertiary/aromatic N) is 1. The second kappa shape index (κ2) is 4.11. The van der Waals surface area contributed by atoms with E-state index in [1.165, 1.54) is 5.56 Å². The lowest BCUT2D eigenvalue weighted by Crippen LogP contribution is -2.19. The Morgan fingerprint density at radius 1 is 1.29 bits per heavy atom. The second-order valence-corrected chi connectivity index (χ2v) is 4.24. The summed E-state index contributed by atoms with van der Waals surface area (Å²) in [6, 6.07) is 10.4. The molecule has 0 unspecified atom stereocenters. The summed E-state index contributed by atoms with van der Waals surface area (Å²) >= 11 is 0. The Balaban J connectivity index is 1.98. The molecule has 0 aliphatic carbocycles. The predicted molar refractivity (Wildman–Crippen MR) is 57.1 cm³/mol. The molecule has 1 N–H and O–H groups in total. The minimum atomic E-state index is -0.153. The van der Waals surface area contributed by atoms with Crippen LogP contribution >= 0.6 is 0 Å². The van der Waals surface area contributed by atoms with Gasteiger partial charge < -0.3 is 10.0 Å². The Morgan fingerprint density at radius 2 is 2.00 bits per heavy atom. The van der Waals surface area contributed by atoms with E-state index in [1.807, 2.05) is 6.07 Å². The molecule has 1 aromatic carbocycles. The highest BCUT2D eigenvalue weighted by Crippen LogP contribution is 2.19. The van der Waals surface area contributed by atoms with Crippen LogP contribution in [0.5, 0.6) is 0 Å². The minimum absolute atomic E-state index is 0.153. The van der Waals surface area contributed by atoms with Gasteiger partial charge in [-0.05, 0) is 19.0 Å². The molecule has 0 saturated carbocycles. The molecule has 0 aromatic heterocycles. The molecular weight excluding hydrogens is 174 g/mol. The Bertz CT molecular complexity index is 286. The molecule has 2 atom stereocenters. The van der Waals surface area contributed by atoms with Crippen LogP contribution in [-0.4, -0.2) is 36.2 Å². The Labute approximate surface area is 85.2 Å². The molecule has 0 amide bonds. The summed E-state index contributed by atoms with van der Waals surface area (Å²) in [4.78, 5) is 2.19. The first-order valence-electron chi connectivity index (χ1n) is 5.16. The largest absolute Gasteiger partial charge is 0.391 e. The van der Waals surface area contributed by atoms with Crippen molar-refractivity contribution in [3.05, 3.63) is 35.9 Å². The number of aliphatic hydroxyl groups excluding tert-OH is 1. The topological polar surface area (TPSA) is 23.5 Å². The van der Waals surface area contributed by atoms with Gasteiger partial charge in [0.1, 0.15) is 0 Å². The molecular formula is C12H17NO. The third kappa shape index (κ3) is 2.14. The number of aliphatic hydroxyl groups is 1. The molecule has 1 saturated heterocycles. The van der Waals surface area contributed by atoms with E-state index in [9.17, 15) is 5.11 Å². The number of benzene rings is 1. The van der Waals surface area contributed by atoms with Crippen molar-refractivity contribution in [1.29, 1.82) is 0 Å². The van der Waals surface area contributed by atoms with Crippen molar-refractivity contribution in [3.8, 4) is 0 Å². The second-order valence-electron chi connectivity index (χ2n) is 4.24. The van der Waals surface area contributed by atoms with E-state index in [2.05, 4.69) is 36.2 Å². The van der Waals surface area contributed by atoms with E-state index < -0.39 is 0 Å². The average Bonchev–Trinajstić information content (AvgIpc) is 2.47. The quantitative estimate of drug-likeness (QED) is 0.758. The number of hydrogen-bond donors (Lipinski definition) is 1. The fourth-order valence-electron chi connectivity index (χ4n) is 2.18. The maximum Gasteiger partial charge on any atom is 0.0710 e. The summed E-state index contributed by atoms with van der Waals surface area (Å²) in [5, 5.41) is 9.78. The van der Waals surface area contributed by atoms with Gasteiger partial charge in [0.2, 0.25) is 0 Å². The van der Waals surface area contributed by atoms with Crippen LogP contribution in [0.2, 0.25) is 0 Å². The lowest BCUT2D eigenvalue weighted by molar-refractivity contribution is 0.143. The highest BCUT2D eigenvalue weighted by Gasteiger charge is 2.28. The lowest BCUT2D eigenvalue weighted by Gasteiger charge is -2.12. The standard InChI is InChI=1S/C12H17NO/c1-13-8-11(12(14)9-13)7-10-5-3-2-4-6-10/h2-6,11-12,14H,7-9H2,1H3/t11-,12-/m1/s1. The minimum Gasteiger partial charge on any atom is -0.391 e. The van der Waals surface area contributed by atoms with Gasteiger partial charge in [-0.3, -0.25) is 0 Å². The van der Waals surface area contributed by atoms with Crippen molar-refractivity contribution in [2.45, 2.75) is 12.5 Å². The molecule has 1 heterocycles. The van der Waals surface area contributed by atoms with Gasteiger partial charge in [0.15, 0.2) is 0 Å². The van der Waals surface area contributed by atoms with E-state index in [0.717, 1.165) is 19.5 Å². The third-order valence-corrected chi connectivity index (χ3v) is 2.93. The first-order valence-corrected chi connectivity index (χ1v) is 5.16. The van der Waals surface area contributed by atoms with Gasteiger partial charge in [0.05, 0.1) is 6.10 Å². The Kier molecular flexibility index (Phi) is 2.85. The van der Waals surface area contributed by atoms with Gasteiger partial charge in [-0.1, -0.05) is 30.3 Å². The third-order valence-electron chi connectivity index (χ3n) is 2.93. The number of likely N-dealkylation sites (N-methyl/N-ethyl adjacent to an activating group) is 1. The fourth-order valence-corrected chi connectivity index (χ4v) is 2.18. The molecule has 0 bridgehead atoms. The van der Waals surface area contributed by atoms with Crippen LogP contribution in [0.4, 0.5) is 0 Å². The summed E-state index contributed by atoms with van der Waals surface area (Å²) in [5.41, 5.74) is 1.33. The van der Waals surface area contributed by atoms with Gasteiger partial charge in [-0.2, -0.15) is 0 Å². The van der Waals surface area contributed by atoms with Crippen LogP contribution in [0.25, 0.3) is 0 Å². The molecule has 2 heteroatoms. The van der Waals surface area contributed by atoms with Crippen LogP contribution in [0.15, 0.2) is 30.3 Å². The average molecular weight is 191 g/mol. The summed E-state index contributed by atoms with van der Waals surface area (Å²) < 4.78 is 0. The summed E-state index contributed by atoms with van der Waals surface area (Å²) in [5.74, 6) is 0.405. The van der Waals surface area contributed by atoms with Crippen LogP contribution in [0.1, 0.15) is 5.56 Å². The van der Waals surface area contributed by atoms with Gasteiger partial charge in [0, 0.05) is 19.0 Å². The van der Waals surface area contributed by atoms with Gasteiger partial charge in [-0.15, -0.1) is 0 Å². The molecule has 0 radical (unpaired) electrons. The number of rotatable bonds is 2. The first kappa shape index (κ1) is 9.69. The highest BCUT2D eigenvalue weighted by atomic mass is 16.3. The maximum absolute atomic E-state index is 9.78. The molecule has 76 valence electrons. The van der Waals surface area contributed by atoms with E-state index in [-0.39, 0.29) is 6.10 Å². The van der Waals surface area contributed by atoms with Crippen LogP contribution in [-0.2, 0) is 6.42 Å². The van der Waals surface area contributed by atoms with Crippen molar-refractivity contribution < 1.29 is 5.11 Å². The van der Waals surface area contributed by atoms with E-state index in [4.69, 9.17) is 0 Å². The van der Waals surface area contributed by atoms with Crippen molar-refractivity contribution in [3.63, 3.8) is 0 Å². The zero-order valence-electron chi connectivity index (χ0n) is 8.56. The van der Waals surface area contributed by atoms with Crippen molar-refractivity contribution in [1.82, 2.24) is 4.90 Å². The Morgan fingerprint density at radius 3 is 2.57 bits per heavy atom. The van der Waals surface area contributed by atoms with Crippen LogP contribution < -0.4 is 0 Å². The van der Waals surface area contributed by atoms with E-state index >= 15 is 0 Å². The van der Waals surface area contributed by atoms with Gasteiger partial charge >= 0.3 is 0 Å². The normalized spacial score (nSPS) is 28.1. The zero-order chi connectivity index (χ0) is 9.97. The molecule has 1 aliphatic rings. The van der Waals surface area contributed by atoms with Crippen molar-refractivity contribution in [2.75, 3.05) is 20.1 Å². The highest BCUT2D eigenvalue weighted by molar-refractivity contribution is 5.16. The van der Waals surface area contributed by atoms with E-state index in [1.54, 1.807) is 0 Å². The van der Waals surface area contributed by atoms with Crippen LogP contribution in [0.3, 0.4) is 0 Å². The summed E-state index contributed by atoms with van der Waals surface area (Å²) in [7, 11) is 2.06. The van der Waals surface area contributed by atoms with Crippen LogP contribution in [0, 0.1) is 5.92 Å². The molecule has 2 rings (SSSR count). The van der Waals surface area contributed by atoms with Gasteiger partial charge in [-0.25, -0.2) is 0 Å². The molecule has 1 aromatic rings. The maximum atomic E-state index is 9.78.